The predicted molar refractivity (Wildman–Crippen MR) is 124 cm³/mol. The third kappa shape index (κ3) is 3.13. The van der Waals surface area contributed by atoms with Crippen LogP contribution in [-0.2, 0) is 11.0 Å². The molecule has 5 rings (SSSR count). The van der Waals surface area contributed by atoms with E-state index in [0.29, 0.717) is 22.7 Å². The van der Waals surface area contributed by atoms with Gasteiger partial charge in [-0.1, -0.05) is 53.2 Å². The minimum absolute atomic E-state index is 0.124. The van der Waals surface area contributed by atoms with E-state index in [9.17, 15) is 5.11 Å². The van der Waals surface area contributed by atoms with Crippen molar-refractivity contribution >= 4 is 8.32 Å². The van der Waals surface area contributed by atoms with Crippen LogP contribution >= 0.6 is 0 Å². The van der Waals surface area contributed by atoms with Gasteiger partial charge in [0.2, 0.25) is 15.1 Å². The molecule has 5 nitrogen and oxygen atoms in total. The highest BCUT2D eigenvalue weighted by atomic mass is 28.4. The Morgan fingerprint density at radius 1 is 1.03 bits per heavy atom. The molecule has 4 atom stereocenters. The molecule has 6 heteroatoms. The number of benzene rings is 1. The Labute approximate surface area is 187 Å². The number of hydrogen-bond acceptors (Lipinski definition) is 5. The highest BCUT2D eigenvalue weighted by Gasteiger charge is 2.54. The van der Waals surface area contributed by atoms with Crippen molar-refractivity contribution in [2.75, 3.05) is 13.3 Å². The van der Waals surface area contributed by atoms with E-state index < -0.39 is 14.4 Å². The minimum Gasteiger partial charge on any atom is -0.454 e. The topological polar surface area (TPSA) is 51.2 Å². The predicted octanol–water partition coefficient (Wildman–Crippen LogP) is 4.95. The Kier molecular flexibility index (Phi) is 5.28. The Balaban J connectivity index is 1.63. The lowest BCUT2D eigenvalue weighted by Crippen LogP contribution is -2.58. The van der Waals surface area contributed by atoms with Gasteiger partial charge in [-0.3, -0.25) is 4.90 Å². The van der Waals surface area contributed by atoms with Gasteiger partial charge in [0, 0.05) is 25.0 Å². The average Bonchev–Trinajstić information content (AvgIpc) is 3.31. The fraction of sp³-hybridized carbons (Fsp3) is 0.680. The summed E-state index contributed by atoms with van der Waals surface area (Å²) < 4.78 is 18.7. The van der Waals surface area contributed by atoms with Gasteiger partial charge in [0.25, 0.3) is 0 Å². The highest BCUT2D eigenvalue weighted by Crippen LogP contribution is 2.53. The smallest absolute Gasteiger partial charge is 0.231 e. The first-order valence-corrected chi connectivity index (χ1v) is 14.1. The molecule has 1 aliphatic carbocycles. The van der Waals surface area contributed by atoms with E-state index in [1.54, 1.807) is 0 Å². The Morgan fingerprint density at radius 2 is 1.68 bits per heavy atom. The van der Waals surface area contributed by atoms with Crippen molar-refractivity contribution in [2.45, 2.75) is 95.3 Å². The average molecular weight is 444 g/mol. The summed E-state index contributed by atoms with van der Waals surface area (Å²) in [6, 6.07) is 4.65. The third-order valence-electron chi connectivity index (χ3n) is 8.29. The maximum absolute atomic E-state index is 11.4. The summed E-state index contributed by atoms with van der Waals surface area (Å²) in [5.41, 5.74) is 5.38. The Hall–Kier alpha value is -1.34. The number of rotatable bonds is 5. The molecule has 0 spiro atoms. The Bertz CT molecular complexity index is 874. The fourth-order valence-corrected chi connectivity index (χ4v) is 12.7. The van der Waals surface area contributed by atoms with Crippen molar-refractivity contribution in [2.24, 2.45) is 0 Å². The lowest BCUT2D eigenvalue weighted by molar-refractivity contribution is 0.00399. The number of aliphatic hydroxyl groups is 1. The van der Waals surface area contributed by atoms with E-state index in [-0.39, 0.29) is 18.8 Å². The van der Waals surface area contributed by atoms with Crippen molar-refractivity contribution in [3.63, 3.8) is 0 Å². The number of ether oxygens (including phenoxy) is 2. The summed E-state index contributed by atoms with van der Waals surface area (Å²) in [4.78, 5) is 2.58. The van der Waals surface area contributed by atoms with Gasteiger partial charge in [-0.2, -0.15) is 0 Å². The van der Waals surface area contributed by atoms with Gasteiger partial charge in [-0.15, -0.1) is 0 Å². The SMILES string of the molecule is CC(C)[Si](O[C@H]1[C@H]2c3cc4c(cc3CN3CCC(=C[C@@H]1O)[C@H]23)OCO4)(C(C)C)C(C)C. The molecule has 3 heterocycles. The van der Waals surface area contributed by atoms with Crippen molar-refractivity contribution in [3.05, 3.63) is 34.9 Å². The normalized spacial score (nSPS) is 29.5. The molecule has 1 saturated heterocycles. The zero-order valence-electron chi connectivity index (χ0n) is 19.7. The zero-order chi connectivity index (χ0) is 22.1. The summed E-state index contributed by atoms with van der Waals surface area (Å²) in [5.74, 6) is 1.80. The van der Waals surface area contributed by atoms with Gasteiger partial charge in [0.1, 0.15) is 0 Å². The molecule has 4 aliphatic rings. The number of aliphatic hydroxyl groups excluding tert-OH is 1. The molecule has 1 aromatic rings. The molecule has 0 radical (unpaired) electrons. The van der Waals surface area contributed by atoms with Crippen LogP contribution < -0.4 is 9.47 Å². The lowest BCUT2D eigenvalue weighted by atomic mass is 9.73. The molecular weight excluding hydrogens is 406 g/mol. The van der Waals surface area contributed by atoms with E-state index in [1.165, 1.54) is 16.7 Å². The molecule has 31 heavy (non-hydrogen) atoms. The van der Waals surface area contributed by atoms with E-state index in [4.69, 9.17) is 13.9 Å². The number of nitrogens with zero attached hydrogens (tertiary/aromatic N) is 1. The van der Waals surface area contributed by atoms with Crippen LogP contribution in [0.3, 0.4) is 0 Å². The molecule has 3 aliphatic heterocycles. The molecule has 0 amide bonds. The fourth-order valence-electron chi connectivity index (χ4n) is 7.12. The molecule has 0 aromatic heterocycles. The molecular formula is C25H37NO4Si. The number of hydrogen-bond donors (Lipinski definition) is 1. The van der Waals surface area contributed by atoms with Crippen molar-refractivity contribution in [3.8, 4) is 11.5 Å². The van der Waals surface area contributed by atoms with Gasteiger partial charge in [-0.25, -0.2) is 0 Å². The summed E-state index contributed by atoms with van der Waals surface area (Å²) in [5, 5.41) is 11.4. The molecule has 0 saturated carbocycles. The van der Waals surface area contributed by atoms with Gasteiger partial charge in [0.05, 0.1) is 12.2 Å². The van der Waals surface area contributed by atoms with Crippen molar-refractivity contribution in [1.29, 1.82) is 0 Å². The van der Waals surface area contributed by atoms with Crippen LogP contribution in [-0.4, -0.2) is 49.9 Å². The van der Waals surface area contributed by atoms with E-state index in [0.717, 1.165) is 31.0 Å². The summed E-state index contributed by atoms with van der Waals surface area (Å²) in [6.07, 6.45) is 2.35. The van der Waals surface area contributed by atoms with Crippen LogP contribution in [0.1, 0.15) is 65.0 Å². The molecule has 1 N–H and O–H groups in total. The molecule has 1 fully saturated rings. The van der Waals surface area contributed by atoms with E-state index in [2.05, 4.69) is 64.7 Å². The summed E-state index contributed by atoms with van der Waals surface area (Å²) >= 11 is 0. The van der Waals surface area contributed by atoms with Crippen LogP contribution in [0.2, 0.25) is 16.6 Å². The monoisotopic (exact) mass is 443 g/mol. The van der Waals surface area contributed by atoms with Crippen LogP contribution in [0.15, 0.2) is 23.8 Å². The standard InChI is InChI=1S/C25H37NO4Si/c1-14(2)31(15(3)4,16(5)6)30-25-20(27)9-17-7-8-26-12-18-10-21-22(29-13-28-21)11-19(18)23(25)24(17)26/h9-11,14-16,20,23-25,27H,7-8,12-13H2,1-6H3/t20-,23-,24+,25+/m0/s1. The maximum Gasteiger partial charge on any atom is 0.231 e. The quantitative estimate of drug-likeness (QED) is 0.515. The third-order valence-corrected chi connectivity index (χ3v) is 14.4. The van der Waals surface area contributed by atoms with Crippen molar-refractivity contribution in [1.82, 2.24) is 4.90 Å². The Morgan fingerprint density at radius 3 is 2.32 bits per heavy atom. The first-order chi connectivity index (χ1) is 14.7. The van der Waals surface area contributed by atoms with E-state index in [1.807, 2.05) is 0 Å². The minimum atomic E-state index is -2.16. The second-order valence-corrected chi connectivity index (χ2v) is 16.1. The second kappa shape index (κ2) is 7.61. The van der Waals surface area contributed by atoms with Gasteiger partial charge < -0.3 is 19.0 Å². The van der Waals surface area contributed by atoms with Crippen LogP contribution in [0.4, 0.5) is 0 Å². The maximum atomic E-state index is 11.4. The van der Waals surface area contributed by atoms with Gasteiger partial charge in [-0.05, 0) is 46.3 Å². The first-order valence-electron chi connectivity index (χ1n) is 12.0. The zero-order valence-corrected chi connectivity index (χ0v) is 20.7. The lowest BCUT2D eigenvalue weighted by Gasteiger charge is -2.51. The van der Waals surface area contributed by atoms with E-state index >= 15 is 0 Å². The van der Waals surface area contributed by atoms with Gasteiger partial charge in [0.15, 0.2) is 11.5 Å². The highest BCUT2D eigenvalue weighted by molar-refractivity contribution is 6.77. The van der Waals surface area contributed by atoms with Gasteiger partial charge >= 0.3 is 0 Å². The second-order valence-electron chi connectivity index (χ2n) is 10.7. The number of fused-ring (bicyclic) bond motifs is 3. The largest absolute Gasteiger partial charge is 0.454 e. The van der Waals surface area contributed by atoms with Crippen LogP contribution in [0.5, 0.6) is 11.5 Å². The molecule has 0 bridgehead atoms. The first kappa shape index (κ1) is 21.5. The summed E-state index contributed by atoms with van der Waals surface area (Å²) in [7, 11) is -2.16. The molecule has 1 aromatic carbocycles. The summed E-state index contributed by atoms with van der Waals surface area (Å²) in [6.45, 7) is 16.2. The molecule has 0 unspecified atom stereocenters. The van der Waals surface area contributed by atoms with Crippen molar-refractivity contribution < 1.29 is 19.0 Å². The van der Waals surface area contributed by atoms with Crippen LogP contribution in [0.25, 0.3) is 0 Å². The molecule has 170 valence electrons. The van der Waals surface area contributed by atoms with Crippen LogP contribution in [0, 0.1) is 0 Å².